The Balaban J connectivity index is 0.000000145. The van der Waals surface area contributed by atoms with Crippen LogP contribution in [0, 0.1) is 47.1 Å². The number of halogens is 8. The number of ether oxygens (including phenoxy) is 4. The van der Waals surface area contributed by atoms with E-state index in [1.54, 1.807) is 24.8 Å². The van der Waals surface area contributed by atoms with Crippen molar-refractivity contribution in [2.24, 2.45) is 35.5 Å². The monoisotopic (exact) mass is 1870 g/mol. The number of anilines is 4. The fraction of sp³-hybridized carbons (Fsp3) is 0.438. The van der Waals surface area contributed by atoms with E-state index < -0.39 is 27.8 Å². The highest BCUT2D eigenvalue weighted by Crippen LogP contribution is 2.40. The zero-order valence-corrected chi connectivity index (χ0v) is 76.6. The molecule has 5 aromatic carbocycles. The van der Waals surface area contributed by atoms with Crippen LogP contribution < -0.4 is 37.2 Å². The standard InChI is InChI=1S/C25H24ClF2N3O.C25H32ClN3O4S.C23H27Cl2N3O3.C23H27Cl2N3O2/c26-24-15-31-22(12-25(32)18-4-2-6-29-14-18)11-23(24)17-3-1-5-21(9-17)30-13-16-7-19(27)10-20(28)8-16;1-34(31,32)29-9-3-7-20(16-29)25(30)13-22-12-23(24(26)15-28-22)19-6-2-8-21(11-19)27-14-18-5-4-10-33-17-18;24-20-2-1-16(27-12-15-3-6-30-7-4-15)9-18(20)19-10-17(28-13-21(19)25)11-22(29)23-14-26-5-8-31-23;24-21-2-1-17(27-12-15-4-7-30-8-5-15)9-19(21)20-10-18(28-14-22(20)25)11-23(29)16-3-6-26-13-16/h1,3,5,7-11,15,18,29-30H,2,4,6,12-14H2;2,6,8,11-12,15,18,20,27H,3-5,7,9-10,13-14,16-17H2,1H3;1-2,9-10,13,15,23,26-27H,3-8,11-12,14H2;1-2,9-10,14-16,26-27H,3-8,11-13H2/t18-;18?,20-;;16-/m10.1/s1. The normalized spacial score (nSPS) is 19.4. The highest BCUT2D eigenvalue weighted by molar-refractivity contribution is 7.88. The molecule has 7 N–H and O–H groups in total. The molecule has 5 atom stereocenters. The lowest BCUT2D eigenvalue weighted by Crippen LogP contribution is -2.43. The molecule has 4 aromatic heterocycles. The maximum absolute atomic E-state index is 13.4. The average molecular weight is 1870 g/mol. The summed E-state index contributed by atoms with van der Waals surface area (Å²) in [5, 5.41) is 26.7. The van der Waals surface area contributed by atoms with Crippen LogP contribution in [0.5, 0.6) is 0 Å². The predicted octanol–water partition coefficient (Wildman–Crippen LogP) is 18.0. The van der Waals surface area contributed by atoms with Crippen LogP contribution in [0.3, 0.4) is 0 Å². The molecule has 31 heteroatoms. The van der Waals surface area contributed by atoms with Crippen molar-refractivity contribution >= 4 is 126 Å². The number of ketones is 4. The van der Waals surface area contributed by atoms with Gasteiger partial charge in [-0.15, -0.1) is 0 Å². The van der Waals surface area contributed by atoms with Crippen LogP contribution in [0.15, 0.2) is 152 Å². The number of nitrogens with zero attached hydrogens (tertiary/aromatic N) is 5. The first kappa shape index (κ1) is 96.4. The summed E-state index contributed by atoms with van der Waals surface area (Å²) in [6, 6.07) is 38.3. The van der Waals surface area contributed by atoms with Crippen LogP contribution in [-0.2, 0) is 80.4 Å². The number of hydrogen-bond acceptors (Lipinski definition) is 21. The zero-order chi connectivity index (χ0) is 89.2. The Morgan fingerprint density at radius 1 is 0.425 bits per heavy atom. The van der Waals surface area contributed by atoms with E-state index in [1.165, 1.54) is 29.1 Å². The fourth-order valence-electron chi connectivity index (χ4n) is 16.6. The molecule has 16 rings (SSSR count). The lowest BCUT2D eigenvalue weighted by molar-refractivity contribution is -0.131. The minimum atomic E-state index is -3.29. The molecule has 11 heterocycles. The van der Waals surface area contributed by atoms with Gasteiger partial charge in [0.05, 0.1) is 46.0 Å². The molecule has 2 unspecified atom stereocenters. The number of nitrogens with one attached hydrogen (secondary N) is 7. The summed E-state index contributed by atoms with van der Waals surface area (Å²) in [6.45, 7) is 13.8. The van der Waals surface area contributed by atoms with Gasteiger partial charge in [-0.25, -0.2) is 21.5 Å². The van der Waals surface area contributed by atoms with E-state index >= 15 is 0 Å². The molecule has 0 amide bonds. The molecule has 22 nitrogen and oxygen atoms in total. The summed E-state index contributed by atoms with van der Waals surface area (Å²) >= 11 is 38.9. The Kier molecular flexibility index (Phi) is 36.5. The molecular weight excluding hydrogens is 1760 g/mol. The molecule has 0 radical (unpaired) electrons. The van der Waals surface area contributed by atoms with Crippen LogP contribution in [-0.4, -0.2) is 186 Å². The van der Waals surface area contributed by atoms with E-state index in [-0.39, 0.29) is 73.2 Å². The van der Waals surface area contributed by atoms with Crippen LogP contribution in [0.1, 0.15) is 99.0 Å². The van der Waals surface area contributed by atoms with Gasteiger partial charge in [0.1, 0.15) is 35.1 Å². The third-order valence-electron chi connectivity index (χ3n) is 23.9. The van der Waals surface area contributed by atoms with E-state index in [1.807, 2.05) is 103 Å². The summed E-state index contributed by atoms with van der Waals surface area (Å²) in [5.74, 6) is 0.752. The molecule has 7 aliphatic heterocycles. The third-order valence-corrected chi connectivity index (χ3v) is 27.1. The molecule has 7 aliphatic rings. The van der Waals surface area contributed by atoms with Gasteiger partial charge in [-0.3, -0.25) is 39.1 Å². The van der Waals surface area contributed by atoms with Gasteiger partial charge in [0, 0.05) is 255 Å². The number of hydrogen-bond donors (Lipinski definition) is 7. The van der Waals surface area contributed by atoms with Crippen molar-refractivity contribution < 1.29 is 55.3 Å². The summed E-state index contributed by atoms with van der Waals surface area (Å²) in [4.78, 5) is 68.2. The van der Waals surface area contributed by atoms with E-state index in [9.17, 15) is 36.4 Å². The van der Waals surface area contributed by atoms with Crippen molar-refractivity contribution in [3.8, 4) is 44.5 Å². The van der Waals surface area contributed by atoms with Gasteiger partial charge < -0.3 is 56.2 Å². The van der Waals surface area contributed by atoms with Crippen molar-refractivity contribution in [1.29, 1.82) is 0 Å². The highest BCUT2D eigenvalue weighted by Gasteiger charge is 2.32. The number of benzene rings is 5. The molecule has 0 bridgehead atoms. The molecule has 7 fully saturated rings. The Morgan fingerprint density at radius 3 is 1.35 bits per heavy atom. The van der Waals surface area contributed by atoms with Gasteiger partial charge in [-0.2, -0.15) is 0 Å². The SMILES string of the molecule is CS(=O)(=O)N1CCC[C@H](C(=O)Cc2cc(-c3cccc(NCC4CCCOC4)c3)c(Cl)cn2)C1.O=C(Cc1cc(-c2cc(NCC3CCOCC3)ccc2Cl)c(Cl)cn1)C1CNCCO1.O=C(Cc1cc(-c2cc(NCC3CCOCC3)ccc2Cl)c(Cl)cn1)[C@@H]1CCNC1.O=C(Cc1cc(-c2cccc(NCc3cc(F)cc(F)c3)c2)c(Cl)cn1)[C@@H]1CCCNC1. The average Bonchev–Trinajstić information content (AvgIpc) is 1.50. The molecule has 0 spiro atoms. The molecule has 0 aliphatic carbocycles. The maximum Gasteiger partial charge on any atom is 0.211 e. The number of aromatic nitrogens is 4. The number of rotatable bonds is 29. The maximum atomic E-state index is 13.4. The number of carbonyl (C=O) groups excluding carboxylic acids is 4. The lowest BCUT2D eigenvalue weighted by Gasteiger charge is -2.30. The van der Waals surface area contributed by atoms with Crippen molar-refractivity contribution in [2.75, 3.05) is 146 Å². The van der Waals surface area contributed by atoms with E-state index in [2.05, 4.69) is 63.2 Å². The van der Waals surface area contributed by atoms with Gasteiger partial charge >= 0.3 is 0 Å². The van der Waals surface area contributed by atoms with Gasteiger partial charge in [-0.05, 0) is 215 Å². The minimum Gasteiger partial charge on any atom is -0.385 e. The van der Waals surface area contributed by atoms with E-state index in [0.717, 1.165) is 222 Å². The number of Topliss-reactive ketones (excluding diaryl/α,β-unsaturated/α-hetero) is 4. The number of morpholine rings is 1. The minimum absolute atomic E-state index is 0.00551. The first-order chi connectivity index (χ1) is 61.5. The first-order valence-electron chi connectivity index (χ1n) is 43.8. The molecule has 7 saturated heterocycles. The smallest absolute Gasteiger partial charge is 0.211 e. The molecule has 127 heavy (non-hydrogen) atoms. The number of piperidine rings is 2. The Hall–Kier alpha value is -8.19. The van der Waals surface area contributed by atoms with Crippen LogP contribution in [0.2, 0.25) is 30.1 Å². The van der Waals surface area contributed by atoms with E-state index in [0.29, 0.717) is 109 Å². The second-order valence-corrected chi connectivity index (χ2v) is 37.9. The number of sulfonamides is 1. The fourth-order valence-corrected chi connectivity index (χ4v) is 18.8. The van der Waals surface area contributed by atoms with Gasteiger partial charge in [0.2, 0.25) is 10.0 Å². The predicted molar refractivity (Wildman–Crippen MR) is 502 cm³/mol. The summed E-state index contributed by atoms with van der Waals surface area (Å²) in [5.41, 5.74) is 13.6. The van der Waals surface area contributed by atoms with Crippen LogP contribution >= 0.6 is 69.6 Å². The summed E-state index contributed by atoms with van der Waals surface area (Å²) in [7, 11) is -3.29. The van der Waals surface area contributed by atoms with Gasteiger partial charge in [0.15, 0.2) is 5.78 Å². The van der Waals surface area contributed by atoms with Crippen LogP contribution in [0.25, 0.3) is 44.5 Å². The zero-order valence-electron chi connectivity index (χ0n) is 71.3. The molecule has 9 aromatic rings. The Morgan fingerprint density at radius 2 is 0.874 bits per heavy atom. The lowest BCUT2D eigenvalue weighted by atomic mass is 9.92. The number of carbonyl (C=O) groups is 4. The Bertz CT molecular complexity index is 5320. The second-order valence-electron chi connectivity index (χ2n) is 33.5. The van der Waals surface area contributed by atoms with Crippen molar-refractivity contribution in [3.63, 3.8) is 0 Å². The largest absolute Gasteiger partial charge is 0.385 e. The molecular formula is C96H110Cl6F2N12O10S. The van der Waals surface area contributed by atoms with Gasteiger partial charge in [-0.1, -0.05) is 93.9 Å². The van der Waals surface area contributed by atoms with Crippen molar-refractivity contribution in [2.45, 2.75) is 109 Å². The third kappa shape index (κ3) is 29.2. The van der Waals surface area contributed by atoms with Crippen LogP contribution in [0.4, 0.5) is 31.5 Å². The number of pyridine rings is 4. The second kappa shape index (κ2) is 48.1. The Labute approximate surface area is 772 Å². The summed E-state index contributed by atoms with van der Waals surface area (Å²) in [6.07, 6.45) is 18.8. The van der Waals surface area contributed by atoms with Gasteiger partial charge in [0.25, 0.3) is 0 Å². The quantitative estimate of drug-likeness (QED) is 0.0229. The highest BCUT2D eigenvalue weighted by atomic mass is 35.5. The topological polar surface area (TPSA) is 278 Å². The molecule has 0 saturated carbocycles. The molecule has 676 valence electrons. The van der Waals surface area contributed by atoms with Crippen molar-refractivity contribution in [3.05, 3.63) is 222 Å². The summed E-state index contributed by atoms with van der Waals surface area (Å²) < 4.78 is 74.0. The first-order valence-corrected chi connectivity index (χ1v) is 47.9. The van der Waals surface area contributed by atoms with E-state index in [4.69, 9.17) is 88.6 Å². The van der Waals surface area contributed by atoms with Crippen molar-refractivity contribution in [1.82, 2.24) is 40.2 Å².